The summed E-state index contributed by atoms with van der Waals surface area (Å²) in [5.74, 6) is 1.33. The number of carbonyl (C=O) groups excluding carboxylic acids is 2. The third kappa shape index (κ3) is 3.21. The second-order valence-electron chi connectivity index (χ2n) is 6.19. The topological polar surface area (TPSA) is 80.3 Å². The molecule has 2 amide bonds. The van der Waals surface area contributed by atoms with Gasteiger partial charge in [0.05, 0.1) is 19.0 Å². The minimum absolute atomic E-state index is 0.457. The normalized spacial score (nSPS) is 25.8. The second kappa shape index (κ2) is 6.34. The minimum atomic E-state index is -0.657. The summed E-state index contributed by atoms with van der Waals surface area (Å²) in [5.41, 5.74) is 0.473. The molecule has 2 fully saturated rings. The van der Waals surface area contributed by atoms with E-state index in [2.05, 4.69) is 15.6 Å². The van der Waals surface area contributed by atoms with E-state index in [0.717, 1.165) is 11.8 Å². The summed E-state index contributed by atoms with van der Waals surface area (Å²) in [6, 6.07) is 3.27. The maximum Gasteiger partial charge on any atom is 0.313 e. The first-order valence-corrected chi connectivity index (χ1v) is 7.75. The van der Waals surface area contributed by atoms with Crippen LogP contribution in [0.3, 0.4) is 0 Å². The lowest BCUT2D eigenvalue weighted by Gasteiger charge is -2.21. The number of nitrogens with one attached hydrogen (secondary N) is 2. The fraction of sp³-hybridized carbons (Fsp3) is 0.562. The van der Waals surface area contributed by atoms with E-state index in [9.17, 15) is 9.59 Å². The van der Waals surface area contributed by atoms with E-state index in [0.29, 0.717) is 24.0 Å². The fourth-order valence-corrected chi connectivity index (χ4v) is 3.69. The number of hydrogen-bond donors (Lipinski definition) is 2. The van der Waals surface area contributed by atoms with Crippen LogP contribution < -0.4 is 15.4 Å². The van der Waals surface area contributed by atoms with Gasteiger partial charge in [-0.05, 0) is 43.1 Å². The molecule has 1 aromatic heterocycles. The maximum atomic E-state index is 11.9. The van der Waals surface area contributed by atoms with Crippen molar-refractivity contribution in [3.05, 3.63) is 18.3 Å². The smallest absolute Gasteiger partial charge is 0.313 e. The molecule has 6 nitrogen and oxygen atoms in total. The lowest BCUT2D eigenvalue weighted by Crippen LogP contribution is -2.39. The van der Waals surface area contributed by atoms with E-state index in [1.165, 1.54) is 39.0 Å². The molecule has 3 atom stereocenters. The van der Waals surface area contributed by atoms with E-state index < -0.39 is 11.8 Å². The van der Waals surface area contributed by atoms with Crippen LogP contribution in [0.4, 0.5) is 5.69 Å². The van der Waals surface area contributed by atoms with Gasteiger partial charge >= 0.3 is 11.8 Å². The number of fused-ring (bicyclic) bond motifs is 2. The minimum Gasteiger partial charge on any atom is -0.481 e. The molecule has 22 heavy (non-hydrogen) atoms. The molecule has 6 heteroatoms. The number of ether oxygens (including phenoxy) is 1. The van der Waals surface area contributed by atoms with Crippen molar-refractivity contribution in [2.24, 2.45) is 17.8 Å². The number of nitrogens with zero attached hydrogens (tertiary/aromatic N) is 1. The molecule has 2 aliphatic carbocycles. The monoisotopic (exact) mass is 303 g/mol. The van der Waals surface area contributed by atoms with Crippen LogP contribution in [0.5, 0.6) is 5.88 Å². The molecular formula is C16H21N3O3. The van der Waals surface area contributed by atoms with Crippen LogP contribution >= 0.6 is 0 Å². The summed E-state index contributed by atoms with van der Waals surface area (Å²) in [5, 5.41) is 5.29. The van der Waals surface area contributed by atoms with Crippen molar-refractivity contribution in [1.82, 2.24) is 10.3 Å². The molecule has 2 aliphatic rings. The number of anilines is 1. The quantitative estimate of drug-likeness (QED) is 0.828. The van der Waals surface area contributed by atoms with Crippen LogP contribution in [0.25, 0.3) is 0 Å². The molecule has 118 valence electrons. The Morgan fingerprint density at radius 3 is 2.73 bits per heavy atom. The molecule has 0 radical (unpaired) electrons. The van der Waals surface area contributed by atoms with Gasteiger partial charge in [0.1, 0.15) is 0 Å². The molecule has 0 aliphatic heterocycles. The standard InChI is InChI=1S/C16H21N3O3/c1-22-14-5-4-13(9-17-14)19-16(21)15(20)18-8-12-7-10-2-3-11(12)6-10/h4-5,9-12H,2-3,6-8H2,1H3,(H,18,20)(H,19,21). The predicted molar refractivity (Wildman–Crippen MR) is 81.4 cm³/mol. The molecule has 1 heterocycles. The highest BCUT2D eigenvalue weighted by Crippen LogP contribution is 2.47. The number of carbonyl (C=O) groups is 2. The zero-order valence-corrected chi connectivity index (χ0v) is 12.7. The fourth-order valence-electron chi connectivity index (χ4n) is 3.69. The first kappa shape index (κ1) is 14.8. The summed E-state index contributed by atoms with van der Waals surface area (Å²) >= 11 is 0. The third-order valence-electron chi connectivity index (χ3n) is 4.82. The van der Waals surface area contributed by atoms with Crippen molar-refractivity contribution in [2.45, 2.75) is 25.7 Å². The molecule has 0 saturated heterocycles. The number of amides is 2. The Balaban J connectivity index is 1.46. The first-order chi connectivity index (χ1) is 10.7. The molecule has 2 N–H and O–H groups in total. The van der Waals surface area contributed by atoms with Crippen molar-refractivity contribution in [3.63, 3.8) is 0 Å². The van der Waals surface area contributed by atoms with Gasteiger partial charge in [-0.1, -0.05) is 6.42 Å². The second-order valence-corrected chi connectivity index (χ2v) is 6.19. The molecule has 3 rings (SSSR count). The molecule has 3 unspecified atom stereocenters. The summed E-state index contributed by atoms with van der Waals surface area (Å²) in [6.45, 7) is 0.605. The van der Waals surface area contributed by atoms with Gasteiger partial charge in [0, 0.05) is 12.6 Å². The number of pyridine rings is 1. The Kier molecular flexibility index (Phi) is 4.27. The number of hydrogen-bond acceptors (Lipinski definition) is 4. The Morgan fingerprint density at radius 1 is 1.27 bits per heavy atom. The number of methoxy groups -OCH3 is 1. The molecule has 2 saturated carbocycles. The molecule has 0 aromatic carbocycles. The van der Waals surface area contributed by atoms with Gasteiger partial charge in [0.15, 0.2) is 0 Å². The largest absolute Gasteiger partial charge is 0.481 e. The van der Waals surface area contributed by atoms with Gasteiger partial charge in [0.2, 0.25) is 5.88 Å². The third-order valence-corrected chi connectivity index (χ3v) is 4.82. The van der Waals surface area contributed by atoms with Gasteiger partial charge in [-0.3, -0.25) is 9.59 Å². The lowest BCUT2D eigenvalue weighted by molar-refractivity contribution is -0.136. The maximum absolute atomic E-state index is 11.9. The van der Waals surface area contributed by atoms with Crippen LogP contribution in [-0.2, 0) is 9.59 Å². The highest BCUT2D eigenvalue weighted by Gasteiger charge is 2.39. The first-order valence-electron chi connectivity index (χ1n) is 7.75. The summed E-state index contributed by atoms with van der Waals surface area (Å²) < 4.78 is 4.94. The summed E-state index contributed by atoms with van der Waals surface area (Å²) in [7, 11) is 1.52. The van der Waals surface area contributed by atoms with Crippen molar-refractivity contribution < 1.29 is 14.3 Å². The Morgan fingerprint density at radius 2 is 2.14 bits per heavy atom. The van der Waals surface area contributed by atoms with Crippen LogP contribution in [0.15, 0.2) is 18.3 Å². The van der Waals surface area contributed by atoms with E-state index in [1.54, 1.807) is 12.1 Å². The van der Waals surface area contributed by atoms with Gasteiger partial charge in [-0.25, -0.2) is 4.98 Å². The summed E-state index contributed by atoms with van der Waals surface area (Å²) in [4.78, 5) is 27.7. The average Bonchev–Trinajstić information content (AvgIpc) is 3.16. The molecule has 1 aromatic rings. The van der Waals surface area contributed by atoms with Crippen LogP contribution in [0.2, 0.25) is 0 Å². The van der Waals surface area contributed by atoms with Crippen molar-refractivity contribution in [2.75, 3.05) is 19.0 Å². The van der Waals surface area contributed by atoms with Crippen molar-refractivity contribution >= 4 is 17.5 Å². The van der Waals surface area contributed by atoms with Crippen molar-refractivity contribution in [3.8, 4) is 5.88 Å². The van der Waals surface area contributed by atoms with Gasteiger partial charge in [0.25, 0.3) is 0 Å². The summed E-state index contributed by atoms with van der Waals surface area (Å²) in [6.07, 6.45) is 6.55. The lowest BCUT2D eigenvalue weighted by atomic mass is 9.89. The average molecular weight is 303 g/mol. The number of aromatic nitrogens is 1. The van der Waals surface area contributed by atoms with Gasteiger partial charge < -0.3 is 15.4 Å². The highest BCUT2D eigenvalue weighted by molar-refractivity contribution is 6.39. The zero-order valence-electron chi connectivity index (χ0n) is 12.7. The van der Waals surface area contributed by atoms with Crippen LogP contribution in [-0.4, -0.2) is 30.5 Å². The van der Waals surface area contributed by atoms with E-state index in [4.69, 9.17) is 4.74 Å². The Bertz CT molecular complexity index is 558. The number of rotatable bonds is 4. The SMILES string of the molecule is COc1ccc(NC(=O)C(=O)NCC2CC3CCC2C3)cn1. The van der Waals surface area contributed by atoms with Gasteiger partial charge in [-0.15, -0.1) is 0 Å². The zero-order chi connectivity index (χ0) is 15.5. The highest BCUT2D eigenvalue weighted by atomic mass is 16.5. The molecular weight excluding hydrogens is 282 g/mol. The predicted octanol–water partition coefficient (Wildman–Crippen LogP) is 1.58. The van der Waals surface area contributed by atoms with Crippen LogP contribution in [0.1, 0.15) is 25.7 Å². The molecule has 0 spiro atoms. The Labute approximate surface area is 129 Å². The van der Waals surface area contributed by atoms with E-state index in [-0.39, 0.29) is 0 Å². The van der Waals surface area contributed by atoms with Gasteiger partial charge in [-0.2, -0.15) is 0 Å². The van der Waals surface area contributed by atoms with Crippen LogP contribution in [0, 0.1) is 17.8 Å². The van der Waals surface area contributed by atoms with Crippen molar-refractivity contribution in [1.29, 1.82) is 0 Å². The van der Waals surface area contributed by atoms with E-state index in [1.807, 2.05) is 0 Å². The Hall–Kier alpha value is -2.11. The molecule has 2 bridgehead atoms. The van der Waals surface area contributed by atoms with E-state index >= 15 is 0 Å².